The lowest BCUT2D eigenvalue weighted by atomic mass is 9.77. The van der Waals surface area contributed by atoms with Crippen molar-refractivity contribution in [3.05, 3.63) is 144 Å². The predicted octanol–water partition coefficient (Wildman–Crippen LogP) is 4.22. The van der Waals surface area contributed by atoms with Crippen molar-refractivity contribution < 1.29 is 29.0 Å². The number of nitrogens with one attached hydrogen (secondary N) is 3. The largest absolute Gasteiger partial charge is 0.480 e. The number of alkyl carbamates (subject to hydrolysis) is 1. The fourth-order valence-corrected chi connectivity index (χ4v) is 5.40. The Kier molecular flexibility index (Phi) is 9.69. The number of carbonyl (C=O) groups excluding carboxylic acids is 2. The zero-order valence-electron chi connectivity index (χ0n) is 24.1. The molecule has 4 N–H and O–H groups in total. The van der Waals surface area contributed by atoms with Gasteiger partial charge in [0.05, 0.1) is 25.2 Å². The van der Waals surface area contributed by atoms with Gasteiger partial charge in [0.25, 0.3) is 0 Å². The maximum Gasteiger partial charge on any atom is 0.407 e. The Morgan fingerprint density at radius 1 is 0.773 bits per heavy atom. The van der Waals surface area contributed by atoms with Gasteiger partial charge < -0.3 is 25.2 Å². The summed E-state index contributed by atoms with van der Waals surface area (Å²) >= 11 is 0. The van der Waals surface area contributed by atoms with Crippen LogP contribution in [0.2, 0.25) is 0 Å². The van der Waals surface area contributed by atoms with Gasteiger partial charge in [0.2, 0.25) is 5.91 Å². The molecule has 1 fully saturated rings. The van der Waals surface area contributed by atoms with E-state index in [-0.39, 0.29) is 32.8 Å². The van der Waals surface area contributed by atoms with E-state index in [9.17, 15) is 19.5 Å². The van der Waals surface area contributed by atoms with Gasteiger partial charge in [-0.1, -0.05) is 121 Å². The minimum absolute atomic E-state index is 0.0635. The molecule has 226 valence electrons. The van der Waals surface area contributed by atoms with Gasteiger partial charge in [0.15, 0.2) is 0 Å². The van der Waals surface area contributed by atoms with Gasteiger partial charge >= 0.3 is 12.1 Å². The van der Waals surface area contributed by atoms with Crippen LogP contribution in [0.25, 0.3) is 0 Å². The van der Waals surface area contributed by atoms with Crippen molar-refractivity contribution in [2.75, 3.05) is 19.8 Å². The van der Waals surface area contributed by atoms with E-state index in [1.165, 1.54) is 0 Å². The van der Waals surface area contributed by atoms with Crippen LogP contribution >= 0.6 is 0 Å². The molecule has 4 aromatic rings. The molecule has 5 rings (SSSR count). The van der Waals surface area contributed by atoms with Gasteiger partial charge in [-0.05, 0) is 22.3 Å². The number of carbonyl (C=O) groups is 3. The van der Waals surface area contributed by atoms with Gasteiger partial charge in [-0.15, -0.1) is 0 Å². The van der Waals surface area contributed by atoms with Gasteiger partial charge in [-0.2, -0.15) is 0 Å². The number of rotatable bonds is 13. The summed E-state index contributed by atoms with van der Waals surface area (Å²) in [5.41, 5.74) is 1.38. The van der Waals surface area contributed by atoms with E-state index in [0.29, 0.717) is 0 Å². The first-order valence-corrected chi connectivity index (χ1v) is 14.4. The van der Waals surface area contributed by atoms with Crippen LogP contribution in [0.3, 0.4) is 0 Å². The van der Waals surface area contributed by atoms with Crippen molar-refractivity contribution in [2.45, 2.75) is 30.1 Å². The Balaban J connectivity index is 1.32. The molecule has 1 unspecified atom stereocenters. The second-order valence-electron chi connectivity index (χ2n) is 10.8. The molecule has 0 aliphatic carbocycles. The first kappa shape index (κ1) is 30.5. The summed E-state index contributed by atoms with van der Waals surface area (Å²) in [5.74, 6) is -1.66. The highest BCUT2D eigenvalue weighted by Gasteiger charge is 2.44. The van der Waals surface area contributed by atoms with E-state index in [4.69, 9.17) is 9.47 Å². The lowest BCUT2D eigenvalue weighted by molar-refractivity contribution is -0.145. The Bertz CT molecular complexity index is 1430. The SMILES string of the molecule is O=C(CC(NC1(CNC(=O)OCc2ccccc2)COC1)C(=O)O)NC(c1ccccc1)(c1ccccc1)c1ccccc1. The molecule has 9 nitrogen and oxygen atoms in total. The van der Waals surface area contributed by atoms with Gasteiger partial charge in [0.1, 0.15) is 18.2 Å². The van der Waals surface area contributed by atoms with E-state index in [0.717, 1.165) is 22.3 Å². The summed E-state index contributed by atoms with van der Waals surface area (Å²) in [7, 11) is 0. The molecule has 0 bridgehead atoms. The average Bonchev–Trinajstić information content (AvgIpc) is 3.05. The third-order valence-electron chi connectivity index (χ3n) is 7.66. The van der Waals surface area contributed by atoms with E-state index >= 15 is 0 Å². The Labute approximate surface area is 256 Å². The van der Waals surface area contributed by atoms with E-state index in [1.807, 2.05) is 121 Å². The number of benzene rings is 4. The molecule has 1 aliphatic rings. The summed E-state index contributed by atoms with van der Waals surface area (Å²) in [6.07, 6.45) is -0.992. The molecule has 0 radical (unpaired) electrons. The molecule has 1 heterocycles. The predicted molar refractivity (Wildman–Crippen MR) is 165 cm³/mol. The van der Waals surface area contributed by atoms with Crippen molar-refractivity contribution in [3.63, 3.8) is 0 Å². The van der Waals surface area contributed by atoms with Crippen LogP contribution in [0.4, 0.5) is 4.79 Å². The lowest BCUT2D eigenvalue weighted by Crippen LogP contribution is -2.69. The van der Waals surface area contributed by atoms with Crippen molar-refractivity contribution in [1.82, 2.24) is 16.0 Å². The van der Waals surface area contributed by atoms with Gasteiger partial charge in [0, 0.05) is 6.54 Å². The second-order valence-corrected chi connectivity index (χ2v) is 10.8. The van der Waals surface area contributed by atoms with E-state index < -0.39 is 35.1 Å². The highest BCUT2D eigenvalue weighted by Crippen LogP contribution is 2.37. The lowest BCUT2D eigenvalue weighted by Gasteiger charge is -2.44. The fourth-order valence-electron chi connectivity index (χ4n) is 5.40. The molecule has 1 saturated heterocycles. The van der Waals surface area contributed by atoms with Crippen LogP contribution in [-0.4, -0.2) is 54.4 Å². The minimum Gasteiger partial charge on any atom is -0.480 e. The summed E-state index contributed by atoms with van der Waals surface area (Å²) in [6, 6.07) is 36.8. The number of carboxylic acid groups (broad SMARTS) is 1. The van der Waals surface area contributed by atoms with E-state index in [1.54, 1.807) is 0 Å². The maximum atomic E-state index is 13.8. The second kappa shape index (κ2) is 14.0. The zero-order chi connectivity index (χ0) is 30.8. The smallest absolute Gasteiger partial charge is 0.407 e. The highest BCUT2D eigenvalue weighted by atomic mass is 16.5. The number of ether oxygens (including phenoxy) is 2. The van der Waals surface area contributed by atoms with Crippen molar-refractivity contribution in [3.8, 4) is 0 Å². The molecular weight excluding hydrogens is 558 g/mol. The average molecular weight is 594 g/mol. The molecule has 44 heavy (non-hydrogen) atoms. The fraction of sp³-hybridized carbons (Fsp3) is 0.229. The normalized spacial score (nSPS) is 14.5. The molecule has 0 aromatic heterocycles. The number of amides is 2. The number of carboxylic acids is 1. The standard InChI is InChI=1S/C35H35N3O6/c39-31(38-35(27-15-7-2-8-16-27,28-17-9-3-10-18-28)29-19-11-4-12-20-29)21-30(32(40)41)37-34(24-43-25-34)23-36-33(42)44-22-26-13-5-1-6-14-26/h1-20,30,37H,21-25H2,(H,36,42)(H,38,39)(H,40,41). The first-order chi connectivity index (χ1) is 21.4. The molecular formula is C35H35N3O6. The molecule has 0 saturated carbocycles. The molecule has 9 heteroatoms. The Morgan fingerprint density at radius 2 is 1.25 bits per heavy atom. The number of hydrogen-bond donors (Lipinski definition) is 4. The van der Waals surface area contributed by atoms with Crippen LogP contribution in [0.1, 0.15) is 28.7 Å². The van der Waals surface area contributed by atoms with Crippen LogP contribution in [0.5, 0.6) is 0 Å². The Morgan fingerprint density at radius 3 is 1.68 bits per heavy atom. The molecule has 2 amide bonds. The van der Waals surface area contributed by atoms with Crippen LogP contribution in [0.15, 0.2) is 121 Å². The number of hydrogen-bond acceptors (Lipinski definition) is 6. The third kappa shape index (κ3) is 7.14. The summed E-state index contributed by atoms with van der Waals surface area (Å²) in [5, 5.41) is 19.1. The van der Waals surface area contributed by atoms with Crippen molar-refractivity contribution in [2.24, 2.45) is 0 Å². The molecule has 0 spiro atoms. The van der Waals surface area contributed by atoms with E-state index in [2.05, 4.69) is 16.0 Å². The minimum atomic E-state index is -1.25. The summed E-state index contributed by atoms with van der Waals surface area (Å²) in [4.78, 5) is 38.6. The van der Waals surface area contributed by atoms with Crippen LogP contribution in [-0.2, 0) is 31.2 Å². The van der Waals surface area contributed by atoms with Crippen molar-refractivity contribution >= 4 is 18.0 Å². The number of aliphatic carboxylic acids is 1. The first-order valence-electron chi connectivity index (χ1n) is 14.4. The summed E-state index contributed by atoms with van der Waals surface area (Å²) in [6.45, 7) is 0.500. The zero-order valence-corrected chi connectivity index (χ0v) is 24.1. The monoisotopic (exact) mass is 593 g/mol. The van der Waals surface area contributed by atoms with Gasteiger partial charge in [-0.3, -0.25) is 14.9 Å². The summed E-state index contributed by atoms with van der Waals surface area (Å²) < 4.78 is 10.7. The molecule has 1 aliphatic heterocycles. The Hall–Kier alpha value is -4.99. The van der Waals surface area contributed by atoms with Crippen molar-refractivity contribution in [1.29, 1.82) is 0 Å². The molecule has 4 aromatic carbocycles. The van der Waals surface area contributed by atoms with Crippen LogP contribution in [0, 0.1) is 0 Å². The third-order valence-corrected chi connectivity index (χ3v) is 7.66. The quantitative estimate of drug-likeness (QED) is 0.171. The maximum absolute atomic E-state index is 13.8. The highest BCUT2D eigenvalue weighted by molar-refractivity contribution is 5.86. The molecule has 1 atom stereocenters. The van der Waals surface area contributed by atoms with Crippen LogP contribution < -0.4 is 16.0 Å². The van der Waals surface area contributed by atoms with Gasteiger partial charge in [-0.25, -0.2) is 4.79 Å². The topological polar surface area (TPSA) is 126 Å².